The van der Waals surface area contributed by atoms with Crippen LogP contribution in [0.25, 0.3) is 0 Å². The Morgan fingerprint density at radius 2 is 1.83 bits per heavy atom. The van der Waals surface area contributed by atoms with E-state index in [-0.39, 0.29) is 11.4 Å². The highest BCUT2D eigenvalue weighted by Crippen LogP contribution is 2.32. The van der Waals surface area contributed by atoms with E-state index in [1.807, 2.05) is 4.90 Å². The number of methoxy groups -OCH3 is 1. The predicted octanol–water partition coefficient (Wildman–Crippen LogP) is 4.30. The Labute approximate surface area is 173 Å². The molecule has 3 rings (SSSR count). The van der Waals surface area contributed by atoms with E-state index in [4.69, 9.17) is 4.74 Å². The van der Waals surface area contributed by atoms with Crippen LogP contribution in [0.15, 0.2) is 24.3 Å². The maximum atomic E-state index is 13.4. The number of nitrogens with zero attached hydrogens (tertiary/aromatic N) is 4. The molecule has 0 aliphatic carbocycles. The summed E-state index contributed by atoms with van der Waals surface area (Å²) >= 11 is 0. The minimum Gasteiger partial charge on any atom is -0.497 e. The van der Waals surface area contributed by atoms with Crippen LogP contribution in [0, 0.1) is 13.8 Å². The molecule has 1 saturated heterocycles. The third kappa shape index (κ3) is 5.20. The van der Waals surface area contributed by atoms with Crippen LogP contribution in [0.2, 0.25) is 0 Å². The van der Waals surface area contributed by atoms with Crippen molar-refractivity contribution in [3.63, 3.8) is 0 Å². The van der Waals surface area contributed by atoms with E-state index >= 15 is 0 Å². The first-order chi connectivity index (χ1) is 14.2. The van der Waals surface area contributed by atoms with Crippen LogP contribution in [-0.2, 0) is 0 Å². The van der Waals surface area contributed by atoms with Crippen molar-refractivity contribution in [1.82, 2.24) is 9.97 Å². The molecule has 0 radical (unpaired) electrons. The number of carbonyl (C=O) groups is 1. The molecular weight excluding hydrogens is 397 g/mol. The number of hydrogen-bond donors (Lipinski definition) is 0. The van der Waals surface area contributed by atoms with Crippen molar-refractivity contribution < 1.29 is 22.7 Å². The van der Waals surface area contributed by atoms with Gasteiger partial charge in [0.25, 0.3) is 5.91 Å². The zero-order valence-electron chi connectivity index (χ0n) is 17.3. The van der Waals surface area contributed by atoms with E-state index < -0.39 is 18.6 Å². The summed E-state index contributed by atoms with van der Waals surface area (Å²) < 4.78 is 45.4. The number of amides is 1. The zero-order valence-corrected chi connectivity index (χ0v) is 17.3. The topological polar surface area (TPSA) is 58.6 Å². The number of piperidine rings is 1. The van der Waals surface area contributed by atoms with Gasteiger partial charge in [0, 0.05) is 30.9 Å². The van der Waals surface area contributed by atoms with Gasteiger partial charge in [-0.05, 0) is 45.2 Å². The van der Waals surface area contributed by atoms with Crippen molar-refractivity contribution >= 4 is 17.4 Å². The third-order valence-electron chi connectivity index (χ3n) is 4.94. The first-order valence-corrected chi connectivity index (χ1v) is 9.82. The Morgan fingerprint density at radius 1 is 1.13 bits per heavy atom. The summed E-state index contributed by atoms with van der Waals surface area (Å²) in [7, 11) is 1.51. The highest BCUT2D eigenvalue weighted by Gasteiger charge is 2.36. The lowest BCUT2D eigenvalue weighted by Crippen LogP contribution is -2.41. The SMILES string of the molecule is COc1ccc(C(=O)N(CC(F)(F)F)c2cc(C)nc(C)n2)c(N2CCCCC2)c1. The fourth-order valence-electron chi connectivity index (χ4n) is 3.63. The number of ether oxygens (including phenoxy) is 1. The highest BCUT2D eigenvalue weighted by molar-refractivity contribution is 6.09. The van der Waals surface area contributed by atoms with Gasteiger partial charge < -0.3 is 9.64 Å². The molecule has 2 heterocycles. The summed E-state index contributed by atoms with van der Waals surface area (Å²) in [6.45, 7) is 3.27. The predicted molar refractivity (Wildman–Crippen MR) is 108 cm³/mol. The van der Waals surface area contributed by atoms with Crippen LogP contribution in [0.5, 0.6) is 5.75 Å². The number of benzene rings is 1. The van der Waals surface area contributed by atoms with Crippen molar-refractivity contribution in [3.8, 4) is 5.75 Å². The number of carbonyl (C=O) groups excluding carboxylic acids is 1. The number of rotatable bonds is 5. The summed E-state index contributed by atoms with van der Waals surface area (Å²) in [4.78, 5) is 24.3. The Balaban J connectivity index is 2.07. The molecule has 1 aromatic heterocycles. The first kappa shape index (κ1) is 21.9. The molecule has 0 unspecified atom stereocenters. The molecule has 1 amide bonds. The van der Waals surface area contributed by atoms with E-state index in [0.29, 0.717) is 27.9 Å². The second-order valence-electron chi connectivity index (χ2n) is 7.35. The van der Waals surface area contributed by atoms with E-state index in [9.17, 15) is 18.0 Å². The van der Waals surface area contributed by atoms with Crippen LogP contribution >= 0.6 is 0 Å². The Morgan fingerprint density at radius 3 is 2.43 bits per heavy atom. The summed E-state index contributed by atoms with van der Waals surface area (Å²) in [6, 6.07) is 6.21. The smallest absolute Gasteiger partial charge is 0.406 e. The van der Waals surface area contributed by atoms with Gasteiger partial charge in [0.15, 0.2) is 0 Å². The van der Waals surface area contributed by atoms with Gasteiger partial charge in [0.2, 0.25) is 0 Å². The standard InChI is InChI=1S/C21H25F3N4O2/c1-14-11-19(26-15(2)25-14)28(13-21(22,23)24)20(29)17-8-7-16(30-3)12-18(17)27-9-5-4-6-10-27/h7-8,11-12H,4-6,9-10,13H2,1-3H3. The van der Waals surface area contributed by atoms with Gasteiger partial charge in [-0.3, -0.25) is 9.69 Å². The molecule has 1 fully saturated rings. The molecule has 0 saturated carbocycles. The lowest BCUT2D eigenvalue weighted by molar-refractivity contribution is -0.118. The van der Waals surface area contributed by atoms with Gasteiger partial charge in [0.05, 0.1) is 18.4 Å². The number of aromatic nitrogens is 2. The van der Waals surface area contributed by atoms with Crippen LogP contribution in [0.4, 0.5) is 24.7 Å². The average Bonchev–Trinajstić information content (AvgIpc) is 2.70. The molecule has 0 bridgehead atoms. The third-order valence-corrected chi connectivity index (χ3v) is 4.94. The van der Waals surface area contributed by atoms with Crippen LogP contribution in [0.1, 0.15) is 41.1 Å². The second kappa shape index (κ2) is 8.89. The maximum absolute atomic E-state index is 13.4. The molecule has 162 valence electrons. The van der Waals surface area contributed by atoms with Crippen molar-refractivity contribution in [2.24, 2.45) is 0 Å². The molecule has 30 heavy (non-hydrogen) atoms. The van der Waals surface area contributed by atoms with Crippen molar-refractivity contribution in [2.45, 2.75) is 39.3 Å². The fourth-order valence-corrected chi connectivity index (χ4v) is 3.63. The number of alkyl halides is 3. The molecule has 0 atom stereocenters. The lowest BCUT2D eigenvalue weighted by atomic mass is 10.1. The quantitative estimate of drug-likeness (QED) is 0.719. The summed E-state index contributed by atoms with van der Waals surface area (Å²) in [6.07, 6.45) is -1.58. The van der Waals surface area contributed by atoms with Crippen molar-refractivity contribution in [1.29, 1.82) is 0 Å². The molecule has 0 spiro atoms. The Hall–Kier alpha value is -2.84. The zero-order chi connectivity index (χ0) is 21.9. The van der Waals surface area contributed by atoms with E-state index in [2.05, 4.69) is 9.97 Å². The van der Waals surface area contributed by atoms with Gasteiger partial charge in [0.1, 0.15) is 23.9 Å². The van der Waals surface area contributed by atoms with E-state index in [0.717, 1.165) is 32.4 Å². The molecule has 1 aliphatic heterocycles. The number of anilines is 2. The van der Waals surface area contributed by atoms with Crippen LogP contribution < -0.4 is 14.5 Å². The molecule has 1 aromatic carbocycles. The van der Waals surface area contributed by atoms with Crippen LogP contribution in [0.3, 0.4) is 0 Å². The molecule has 9 heteroatoms. The fraction of sp³-hybridized carbons (Fsp3) is 0.476. The number of hydrogen-bond acceptors (Lipinski definition) is 5. The van der Waals surface area contributed by atoms with Gasteiger partial charge >= 0.3 is 6.18 Å². The monoisotopic (exact) mass is 422 g/mol. The Kier molecular flexibility index (Phi) is 6.48. The highest BCUT2D eigenvalue weighted by atomic mass is 19.4. The van der Waals surface area contributed by atoms with E-state index in [1.54, 1.807) is 26.0 Å². The van der Waals surface area contributed by atoms with E-state index in [1.165, 1.54) is 19.2 Å². The normalized spacial score (nSPS) is 14.5. The second-order valence-corrected chi connectivity index (χ2v) is 7.35. The summed E-state index contributed by atoms with van der Waals surface area (Å²) in [5, 5.41) is 0. The van der Waals surface area contributed by atoms with Crippen molar-refractivity contribution in [2.75, 3.05) is 36.5 Å². The molecule has 6 nitrogen and oxygen atoms in total. The average molecular weight is 422 g/mol. The molecule has 1 aliphatic rings. The molecule has 2 aromatic rings. The molecule has 0 N–H and O–H groups in total. The van der Waals surface area contributed by atoms with Gasteiger partial charge in [-0.1, -0.05) is 0 Å². The van der Waals surface area contributed by atoms with Crippen LogP contribution in [-0.4, -0.2) is 48.8 Å². The number of halogens is 3. The maximum Gasteiger partial charge on any atom is 0.406 e. The first-order valence-electron chi connectivity index (χ1n) is 9.82. The minimum absolute atomic E-state index is 0.0669. The van der Waals surface area contributed by atoms with Crippen molar-refractivity contribution in [3.05, 3.63) is 41.3 Å². The van der Waals surface area contributed by atoms with Gasteiger partial charge in [-0.25, -0.2) is 9.97 Å². The largest absolute Gasteiger partial charge is 0.497 e. The van der Waals surface area contributed by atoms with Gasteiger partial charge in [-0.2, -0.15) is 13.2 Å². The lowest BCUT2D eigenvalue weighted by Gasteiger charge is -2.32. The van der Waals surface area contributed by atoms with Gasteiger partial charge in [-0.15, -0.1) is 0 Å². The summed E-state index contributed by atoms with van der Waals surface area (Å²) in [5.41, 5.74) is 1.26. The summed E-state index contributed by atoms with van der Waals surface area (Å²) in [5.74, 6) is 0.0231. The Bertz CT molecular complexity index is 891. The number of aryl methyl sites for hydroxylation is 2. The minimum atomic E-state index is -4.58. The molecular formula is C21H25F3N4O2.